The number of carboxylic acid groups (broad SMARTS) is 1. The van der Waals surface area contributed by atoms with E-state index in [0.29, 0.717) is 18.4 Å². The summed E-state index contributed by atoms with van der Waals surface area (Å²) in [6.45, 7) is 3.49. The number of hydrogen-bond acceptors (Lipinski definition) is 3. The number of aldehydes is 1. The molecule has 1 aromatic rings. The first kappa shape index (κ1) is 10.4. The third-order valence-corrected chi connectivity index (χ3v) is 2.03. The van der Waals surface area contributed by atoms with Gasteiger partial charge >= 0.3 is 5.97 Å². The molecular formula is C9H12N2O3. The number of hydrogen-bond donors (Lipinski definition) is 1. The van der Waals surface area contributed by atoms with Gasteiger partial charge in [-0.3, -0.25) is 9.48 Å². The lowest BCUT2D eigenvalue weighted by Gasteiger charge is -2.11. The maximum atomic E-state index is 10.8. The minimum atomic E-state index is -0.934. The van der Waals surface area contributed by atoms with Crippen molar-refractivity contribution in [3.63, 3.8) is 0 Å². The molecule has 0 aliphatic rings. The molecule has 0 bridgehead atoms. The monoisotopic (exact) mass is 196 g/mol. The van der Waals surface area contributed by atoms with Gasteiger partial charge in [0.05, 0.1) is 0 Å². The Balaban J connectivity index is 3.09. The van der Waals surface area contributed by atoms with Crippen LogP contribution in [0.15, 0.2) is 6.07 Å². The Labute approximate surface area is 81.3 Å². The lowest BCUT2D eigenvalue weighted by atomic mass is 10.2. The summed E-state index contributed by atoms with van der Waals surface area (Å²) in [5.41, 5.74) is 0.948. The zero-order chi connectivity index (χ0) is 10.7. The molecule has 0 saturated heterocycles. The van der Waals surface area contributed by atoms with E-state index in [2.05, 4.69) is 5.10 Å². The molecular weight excluding hydrogens is 184 g/mol. The second-order valence-electron chi connectivity index (χ2n) is 3.04. The quantitative estimate of drug-likeness (QED) is 0.730. The first-order valence-corrected chi connectivity index (χ1v) is 4.34. The Morgan fingerprint density at radius 1 is 1.79 bits per heavy atom. The number of aryl methyl sites for hydroxylation is 1. The lowest BCUT2D eigenvalue weighted by Crippen LogP contribution is -2.20. The van der Waals surface area contributed by atoms with Crippen molar-refractivity contribution < 1.29 is 14.7 Å². The number of carbonyl (C=O) groups excluding carboxylic acids is 1. The molecule has 0 radical (unpaired) electrons. The maximum absolute atomic E-state index is 10.8. The van der Waals surface area contributed by atoms with Gasteiger partial charge < -0.3 is 5.11 Å². The molecule has 5 nitrogen and oxygen atoms in total. The molecule has 1 rings (SSSR count). The highest BCUT2D eigenvalue weighted by Gasteiger charge is 2.20. The Kier molecular flexibility index (Phi) is 3.01. The van der Waals surface area contributed by atoms with E-state index in [9.17, 15) is 9.59 Å². The second kappa shape index (κ2) is 4.04. The number of aliphatic carboxylic acids is 1. The Morgan fingerprint density at radius 3 is 2.79 bits per heavy atom. The summed E-state index contributed by atoms with van der Waals surface area (Å²) in [6, 6.07) is 0.877. The van der Waals surface area contributed by atoms with Crippen LogP contribution in [0.5, 0.6) is 0 Å². The van der Waals surface area contributed by atoms with Gasteiger partial charge in [0.1, 0.15) is 11.7 Å². The van der Waals surface area contributed by atoms with Crippen LogP contribution in [0.25, 0.3) is 0 Å². The van der Waals surface area contributed by atoms with Gasteiger partial charge in [-0.1, -0.05) is 6.92 Å². The third kappa shape index (κ3) is 1.81. The van der Waals surface area contributed by atoms with E-state index in [1.807, 2.05) is 0 Å². The average Bonchev–Trinajstić information content (AvgIpc) is 2.48. The highest BCUT2D eigenvalue weighted by Crippen LogP contribution is 2.14. The predicted octanol–water partition coefficient (Wildman–Crippen LogP) is 1.04. The van der Waals surface area contributed by atoms with E-state index >= 15 is 0 Å². The van der Waals surface area contributed by atoms with E-state index in [1.54, 1.807) is 19.9 Å². The highest BCUT2D eigenvalue weighted by atomic mass is 16.4. The minimum absolute atomic E-state index is 0.266. The fourth-order valence-electron chi connectivity index (χ4n) is 1.34. The normalized spacial score (nSPS) is 12.4. The van der Waals surface area contributed by atoms with Crippen LogP contribution in [0, 0.1) is 6.92 Å². The van der Waals surface area contributed by atoms with Crippen molar-refractivity contribution in [1.82, 2.24) is 9.78 Å². The largest absolute Gasteiger partial charge is 0.480 e. The fourth-order valence-corrected chi connectivity index (χ4v) is 1.34. The molecule has 1 atom stereocenters. The summed E-state index contributed by atoms with van der Waals surface area (Å²) >= 11 is 0. The van der Waals surface area contributed by atoms with Crippen molar-refractivity contribution in [1.29, 1.82) is 0 Å². The number of carboxylic acids is 1. The Bertz CT molecular complexity index is 357. The van der Waals surface area contributed by atoms with E-state index in [4.69, 9.17) is 5.11 Å². The molecule has 1 aromatic heterocycles. The Hall–Kier alpha value is -1.65. The van der Waals surface area contributed by atoms with Gasteiger partial charge in [0.15, 0.2) is 6.29 Å². The molecule has 76 valence electrons. The summed E-state index contributed by atoms with van der Waals surface area (Å²) in [7, 11) is 0. The maximum Gasteiger partial charge on any atom is 0.328 e. The third-order valence-electron chi connectivity index (χ3n) is 2.03. The predicted molar refractivity (Wildman–Crippen MR) is 49.3 cm³/mol. The zero-order valence-electron chi connectivity index (χ0n) is 8.10. The summed E-state index contributed by atoms with van der Waals surface area (Å²) in [4.78, 5) is 21.3. The molecule has 14 heavy (non-hydrogen) atoms. The van der Waals surface area contributed by atoms with Crippen LogP contribution < -0.4 is 0 Å². The fraction of sp³-hybridized carbons (Fsp3) is 0.444. The standard InChI is InChI=1S/C9H12N2O3/c1-3-8(9(13)14)11-6(2)4-7(5-12)10-11/h4-5,8H,3H2,1-2H3,(H,13,14). The highest BCUT2D eigenvalue weighted by molar-refractivity contribution is 5.74. The lowest BCUT2D eigenvalue weighted by molar-refractivity contribution is -0.141. The van der Waals surface area contributed by atoms with Gasteiger partial charge in [0, 0.05) is 5.69 Å². The molecule has 0 aliphatic heterocycles. The summed E-state index contributed by atoms with van der Waals surface area (Å²) in [5.74, 6) is -0.934. The van der Waals surface area contributed by atoms with Crippen molar-refractivity contribution in [3.8, 4) is 0 Å². The van der Waals surface area contributed by atoms with Crippen LogP contribution in [0.3, 0.4) is 0 Å². The van der Waals surface area contributed by atoms with Crippen LogP contribution >= 0.6 is 0 Å². The molecule has 5 heteroatoms. The zero-order valence-corrected chi connectivity index (χ0v) is 8.10. The first-order valence-electron chi connectivity index (χ1n) is 4.34. The molecule has 0 amide bonds. The first-order chi connectivity index (χ1) is 6.60. The number of nitrogens with zero attached hydrogens (tertiary/aromatic N) is 2. The number of rotatable bonds is 4. The summed E-state index contributed by atoms with van der Waals surface area (Å²) in [5, 5.41) is 12.8. The van der Waals surface area contributed by atoms with Crippen molar-refractivity contribution in [2.24, 2.45) is 0 Å². The summed E-state index contributed by atoms with van der Waals surface area (Å²) in [6.07, 6.45) is 1.05. The molecule has 0 saturated carbocycles. The van der Waals surface area contributed by atoms with Crippen LogP contribution in [0.4, 0.5) is 0 Å². The van der Waals surface area contributed by atoms with E-state index in [-0.39, 0.29) is 5.69 Å². The van der Waals surface area contributed by atoms with Crippen molar-refractivity contribution >= 4 is 12.3 Å². The van der Waals surface area contributed by atoms with Gasteiger partial charge in [-0.15, -0.1) is 0 Å². The molecule has 0 spiro atoms. The van der Waals surface area contributed by atoms with Gasteiger partial charge in [0.25, 0.3) is 0 Å². The van der Waals surface area contributed by atoms with Crippen molar-refractivity contribution in [2.75, 3.05) is 0 Å². The van der Waals surface area contributed by atoms with Gasteiger partial charge in [-0.2, -0.15) is 5.10 Å². The van der Waals surface area contributed by atoms with Gasteiger partial charge in [-0.05, 0) is 19.4 Å². The molecule has 0 aliphatic carbocycles. The molecule has 1 unspecified atom stereocenters. The average molecular weight is 196 g/mol. The molecule has 1 N–H and O–H groups in total. The van der Waals surface area contributed by atoms with Gasteiger partial charge in [-0.25, -0.2) is 4.79 Å². The Morgan fingerprint density at radius 2 is 2.43 bits per heavy atom. The van der Waals surface area contributed by atoms with Crippen LogP contribution in [-0.4, -0.2) is 27.1 Å². The SMILES string of the molecule is CCC(C(=O)O)n1nc(C=O)cc1C. The van der Waals surface area contributed by atoms with Crippen LogP contribution in [0.2, 0.25) is 0 Å². The smallest absolute Gasteiger partial charge is 0.328 e. The second-order valence-corrected chi connectivity index (χ2v) is 3.04. The minimum Gasteiger partial charge on any atom is -0.480 e. The van der Waals surface area contributed by atoms with Crippen LogP contribution in [-0.2, 0) is 4.79 Å². The summed E-state index contributed by atoms with van der Waals surface area (Å²) < 4.78 is 1.37. The topological polar surface area (TPSA) is 72.2 Å². The van der Waals surface area contributed by atoms with Gasteiger partial charge in [0.2, 0.25) is 0 Å². The van der Waals surface area contributed by atoms with Crippen molar-refractivity contribution in [2.45, 2.75) is 26.3 Å². The van der Waals surface area contributed by atoms with E-state index in [0.717, 1.165) is 0 Å². The van der Waals surface area contributed by atoms with Crippen LogP contribution in [0.1, 0.15) is 35.6 Å². The van der Waals surface area contributed by atoms with E-state index < -0.39 is 12.0 Å². The van der Waals surface area contributed by atoms with Crippen molar-refractivity contribution in [3.05, 3.63) is 17.5 Å². The molecule has 0 fully saturated rings. The molecule has 1 heterocycles. The number of aromatic nitrogens is 2. The number of carbonyl (C=O) groups is 2. The van der Waals surface area contributed by atoms with E-state index in [1.165, 1.54) is 4.68 Å². The molecule has 0 aromatic carbocycles.